The Morgan fingerprint density at radius 1 is 1.33 bits per heavy atom. The van der Waals surface area contributed by atoms with Crippen LogP contribution in [0.4, 0.5) is 10.7 Å². The van der Waals surface area contributed by atoms with Gasteiger partial charge in [0.15, 0.2) is 5.78 Å². The van der Waals surface area contributed by atoms with Gasteiger partial charge in [0.05, 0.1) is 21.3 Å². The number of rotatable bonds is 3. The van der Waals surface area contributed by atoms with E-state index in [0.29, 0.717) is 15.6 Å². The monoisotopic (exact) mass is 300 g/mol. The molecule has 3 nitrogen and oxygen atoms in total. The van der Waals surface area contributed by atoms with Crippen molar-refractivity contribution < 1.29 is 4.79 Å². The fourth-order valence-corrected chi connectivity index (χ4v) is 2.74. The van der Waals surface area contributed by atoms with Crippen molar-refractivity contribution in [1.29, 1.82) is 0 Å². The van der Waals surface area contributed by atoms with Gasteiger partial charge in [-0.1, -0.05) is 23.2 Å². The van der Waals surface area contributed by atoms with E-state index in [1.165, 1.54) is 18.5 Å². The minimum Gasteiger partial charge on any atom is -0.345 e. The Hall–Kier alpha value is -1.10. The van der Waals surface area contributed by atoms with Crippen molar-refractivity contribution in [3.8, 4) is 0 Å². The predicted octanol–water partition coefficient (Wildman–Crippen LogP) is 4.70. The van der Waals surface area contributed by atoms with Crippen LogP contribution < -0.4 is 5.32 Å². The first kappa shape index (κ1) is 13.3. The van der Waals surface area contributed by atoms with E-state index in [2.05, 4.69) is 9.69 Å². The Morgan fingerprint density at radius 3 is 2.67 bits per heavy atom. The molecule has 18 heavy (non-hydrogen) atoms. The largest absolute Gasteiger partial charge is 0.345 e. The highest BCUT2D eigenvalue weighted by Crippen LogP contribution is 2.31. The lowest BCUT2D eigenvalue weighted by molar-refractivity contribution is 0.101. The molecule has 0 spiro atoms. The van der Waals surface area contributed by atoms with Gasteiger partial charge in [-0.05, 0) is 43.6 Å². The lowest BCUT2D eigenvalue weighted by Crippen LogP contribution is -1.98. The summed E-state index contributed by atoms with van der Waals surface area (Å²) in [6.07, 6.45) is 0. The van der Waals surface area contributed by atoms with E-state index in [0.717, 1.165) is 16.4 Å². The number of aryl methyl sites for hydroxylation is 1. The summed E-state index contributed by atoms with van der Waals surface area (Å²) in [6.45, 7) is 3.34. The Bertz CT molecular complexity index is 610. The van der Waals surface area contributed by atoms with Gasteiger partial charge in [0.2, 0.25) is 0 Å². The van der Waals surface area contributed by atoms with Crippen LogP contribution >= 0.6 is 34.7 Å². The van der Waals surface area contributed by atoms with E-state index >= 15 is 0 Å². The van der Waals surface area contributed by atoms with Crippen LogP contribution in [0.15, 0.2) is 18.2 Å². The minimum atomic E-state index is -0.0104. The molecule has 6 heteroatoms. The van der Waals surface area contributed by atoms with E-state index in [1.807, 2.05) is 6.92 Å². The molecule has 1 aromatic heterocycles. The van der Waals surface area contributed by atoms with E-state index in [-0.39, 0.29) is 5.78 Å². The van der Waals surface area contributed by atoms with Gasteiger partial charge >= 0.3 is 0 Å². The average Bonchev–Trinajstić information content (AvgIpc) is 2.65. The van der Waals surface area contributed by atoms with E-state index in [9.17, 15) is 4.79 Å². The van der Waals surface area contributed by atoms with Crippen LogP contribution in [-0.2, 0) is 0 Å². The molecule has 0 radical (unpaired) electrons. The number of nitrogens with zero attached hydrogens (tertiary/aromatic N) is 1. The zero-order valence-electron chi connectivity index (χ0n) is 9.75. The Morgan fingerprint density at radius 2 is 2.06 bits per heavy atom. The van der Waals surface area contributed by atoms with Crippen molar-refractivity contribution in [2.24, 2.45) is 0 Å². The fourth-order valence-electron chi connectivity index (χ4n) is 1.57. The van der Waals surface area contributed by atoms with Crippen LogP contribution in [-0.4, -0.2) is 10.2 Å². The van der Waals surface area contributed by atoms with Crippen molar-refractivity contribution >= 4 is 51.2 Å². The standard InChI is InChI=1S/C12H10Cl2N2OS/c1-6-11(7(2)17)12(18-16-6)15-8-3-4-9(13)10(14)5-8/h3-5,15H,1-2H3. The summed E-state index contributed by atoms with van der Waals surface area (Å²) in [4.78, 5) is 11.5. The second kappa shape index (κ2) is 5.26. The first-order valence-electron chi connectivity index (χ1n) is 5.18. The molecule has 1 heterocycles. The normalized spacial score (nSPS) is 10.4. The van der Waals surface area contributed by atoms with Gasteiger partial charge in [0, 0.05) is 5.69 Å². The summed E-state index contributed by atoms with van der Waals surface area (Å²) in [6, 6.07) is 5.21. The van der Waals surface area contributed by atoms with E-state index in [1.54, 1.807) is 18.2 Å². The lowest BCUT2D eigenvalue weighted by atomic mass is 10.2. The zero-order chi connectivity index (χ0) is 13.3. The molecule has 1 aromatic carbocycles. The molecule has 0 unspecified atom stereocenters. The van der Waals surface area contributed by atoms with Crippen LogP contribution in [0.1, 0.15) is 23.0 Å². The number of benzene rings is 1. The quantitative estimate of drug-likeness (QED) is 0.835. The van der Waals surface area contributed by atoms with Gasteiger partial charge in [-0.25, -0.2) is 0 Å². The number of carbonyl (C=O) groups excluding carboxylic acids is 1. The van der Waals surface area contributed by atoms with Crippen LogP contribution in [0.2, 0.25) is 10.0 Å². The topological polar surface area (TPSA) is 42.0 Å². The van der Waals surface area contributed by atoms with Crippen molar-refractivity contribution in [3.05, 3.63) is 39.5 Å². The summed E-state index contributed by atoms with van der Waals surface area (Å²) in [5.74, 6) is -0.0104. The van der Waals surface area contributed by atoms with Crippen molar-refractivity contribution in [2.45, 2.75) is 13.8 Å². The molecule has 0 saturated heterocycles. The van der Waals surface area contributed by atoms with Crippen LogP contribution in [0.25, 0.3) is 0 Å². The fraction of sp³-hybridized carbons (Fsp3) is 0.167. The molecule has 0 atom stereocenters. The molecule has 2 rings (SSSR count). The van der Waals surface area contributed by atoms with Gasteiger partial charge in [-0.2, -0.15) is 4.37 Å². The smallest absolute Gasteiger partial charge is 0.164 e. The third-order valence-electron chi connectivity index (χ3n) is 2.39. The molecular formula is C12H10Cl2N2OS. The molecule has 0 fully saturated rings. The number of hydrogen-bond donors (Lipinski definition) is 1. The second-order valence-corrected chi connectivity index (χ2v) is 5.37. The maximum absolute atomic E-state index is 11.5. The van der Waals surface area contributed by atoms with Gasteiger partial charge in [0.1, 0.15) is 5.00 Å². The molecule has 2 aromatic rings. The highest BCUT2D eigenvalue weighted by molar-refractivity contribution is 7.10. The average molecular weight is 301 g/mol. The second-order valence-electron chi connectivity index (χ2n) is 3.78. The number of nitrogens with one attached hydrogen (secondary N) is 1. The number of ketones is 1. The summed E-state index contributed by atoms with van der Waals surface area (Å²) in [7, 11) is 0. The van der Waals surface area contributed by atoms with Crippen molar-refractivity contribution in [3.63, 3.8) is 0 Å². The highest BCUT2D eigenvalue weighted by atomic mass is 35.5. The van der Waals surface area contributed by atoms with Gasteiger partial charge in [0.25, 0.3) is 0 Å². The first-order valence-corrected chi connectivity index (χ1v) is 6.71. The predicted molar refractivity (Wildman–Crippen MR) is 76.6 cm³/mol. The molecule has 0 aliphatic rings. The molecule has 1 N–H and O–H groups in total. The van der Waals surface area contributed by atoms with Crippen molar-refractivity contribution in [1.82, 2.24) is 4.37 Å². The number of aromatic nitrogens is 1. The van der Waals surface area contributed by atoms with Crippen LogP contribution in [0, 0.1) is 6.92 Å². The summed E-state index contributed by atoms with van der Waals surface area (Å²) >= 11 is 13.0. The molecule has 0 aliphatic heterocycles. The molecular weight excluding hydrogens is 291 g/mol. The number of carbonyl (C=O) groups is 1. The maximum Gasteiger partial charge on any atom is 0.164 e. The highest BCUT2D eigenvalue weighted by Gasteiger charge is 2.15. The summed E-state index contributed by atoms with van der Waals surface area (Å²) in [5, 5.41) is 4.82. The molecule has 0 amide bonds. The molecule has 0 saturated carbocycles. The molecule has 94 valence electrons. The third kappa shape index (κ3) is 2.66. The number of hydrogen-bond acceptors (Lipinski definition) is 4. The molecule has 0 bridgehead atoms. The Balaban J connectivity index is 2.34. The van der Waals surface area contributed by atoms with Gasteiger partial charge in [-0.15, -0.1) is 0 Å². The lowest BCUT2D eigenvalue weighted by Gasteiger charge is -2.06. The van der Waals surface area contributed by atoms with Gasteiger partial charge < -0.3 is 5.32 Å². The maximum atomic E-state index is 11.5. The first-order chi connectivity index (χ1) is 8.49. The van der Waals surface area contributed by atoms with Crippen LogP contribution in [0.3, 0.4) is 0 Å². The van der Waals surface area contributed by atoms with Crippen molar-refractivity contribution in [2.75, 3.05) is 5.32 Å². The Labute approximate surface area is 119 Å². The SMILES string of the molecule is CC(=O)c1c(C)nsc1Nc1ccc(Cl)c(Cl)c1. The summed E-state index contributed by atoms with van der Waals surface area (Å²) < 4.78 is 4.17. The Kier molecular flexibility index (Phi) is 3.90. The number of anilines is 2. The van der Waals surface area contributed by atoms with E-state index < -0.39 is 0 Å². The summed E-state index contributed by atoms with van der Waals surface area (Å²) in [5.41, 5.74) is 2.12. The molecule has 0 aliphatic carbocycles. The minimum absolute atomic E-state index is 0.0104. The third-order valence-corrected chi connectivity index (χ3v) is 3.99. The number of halogens is 2. The van der Waals surface area contributed by atoms with Crippen LogP contribution in [0.5, 0.6) is 0 Å². The van der Waals surface area contributed by atoms with E-state index in [4.69, 9.17) is 23.2 Å². The number of Topliss-reactive ketones (excluding diaryl/α,β-unsaturated/α-hetero) is 1. The zero-order valence-corrected chi connectivity index (χ0v) is 12.1. The van der Waals surface area contributed by atoms with Gasteiger partial charge in [-0.3, -0.25) is 4.79 Å².